The number of nitro groups is 1. The van der Waals surface area contributed by atoms with Crippen LogP contribution in [0.4, 0.5) is 14.5 Å². The highest BCUT2D eigenvalue weighted by atomic mass is 19.1. The number of methoxy groups -OCH3 is 2. The van der Waals surface area contributed by atoms with E-state index in [0.29, 0.717) is 24.5 Å². The molecule has 53 heavy (non-hydrogen) atoms. The maximum atomic E-state index is 13.1. The number of nitrogens with zero attached hydrogens (tertiary/aromatic N) is 1. The van der Waals surface area contributed by atoms with Gasteiger partial charge < -0.3 is 30.7 Å². The van der Waals surface area contributed by atoms with Crippen molar-refractivity contribution in [3.63, 3.8) is 0 Å². The number of rotatable bonds is 17. The molecule has 15 nitrogen and oxygen atoms in total. The van der Waals surface area contributed by atoms with Crippen molar-refractivity contribution in [2.75, 3.05) is 14.2 Å². The van der Waals surface area contributed by atoms with Gasteiger partial charge >= 0.3 is 11.9 Å². The quantitative estimate of drug-likeness (QED) is 0.105. The molecule has 4 amide bonds. The molecule has 292 valence electrons. The summed E-state index contributed by atoms with van der Waals surface area (Å²) in [6, 6.07) is 5.10. The fraction of sp³-hybridized carbons (Fsp3) is 0.500. The Morgan fingerprint density at radius 3 is 1.45 bits per heavy atom. The Labute approximate surface area is 307 Å². The minimum Gasteiger partial charge on any atom is -0.467 e. The van der Waals surface area contributed by atoms with Crippen molar-refractivity contribution >= 4 is 41.3 Å². The van der Waals surface area contributed by atoms with Crippen molar-refractivity contribution < 1.29 is 51.9 Å². The van der Waals surface area contributed by atoms with Gasteiger partial charge in [-0.05, 0) is 61.8 Å². The molecular formula is C36H49F2N5O10. The number of esters is 2. The summed E-state index contributed by atoms with van der Waals surface area (Å²) in [7, 11) is 2.47. The third kappa shape index (κ3) is 17.5. The van der Waals surface area contributed by atoms with Crippen LogP contribution in [0.5, 0.6) is 0 Å². The van der Waals surface area contributed by atoms with Crippen LogP contribution in [-0.2, 0) is 51.1 Å². The van der Waals surface area contributed by atoms with E-state index < -0.39 is 76.3 Å². The summed E-state index contributed by atoms with van der Waals surface area (Å²) in [4.78, 5) is 82.3. The van der Waals surface area contributed by atoms with Crippen molar-refractivity contribution in [1.82, 2.24) is 21.3 Å². The number of hydrogen-bond acceptors (Lipinski definition) is 10. The first-order valence-electron chi connectivity index (χ1n) is 16.8. The Kier molecular flexibility index (Phi) is 19.3. The first-order chi connectivity index (χ1) is 24.7. The number of ether oxygens (including phenoxy) is 2. The number of amides is 4. The molecule has 0 saturated heterocycles. The van der Waals surface area contributed by atoms with Gasteiger partial charge in [0.05, 0.1) is 32.0 Å². The van der Waals surface area contributed by atoms with Gasteiger partial charge in [0.25, 0.3) is 5.69 Å². The lowest BCUT2D eigenvalue weighted by atomic mass is 10.0. The van der Waals surface area contributed by atoms with E-state index >= 15 is 0 Å². The summed E-state index contributed by atoms with van der Waals surface area (Å²) in [5, 5.41) is 20.8. The highest BCUT2D eigenvalue weighted by Crippen LogP contribution is 2.14. The predicted octanol–water partition coefficient (Wildman–Crippen LogP) is 3.06. The third-order valence-electron chi connectivity index (χ3n) is 7.33. The molecule has 17 heteroatoms. The molecule has 0 saturated carbocycles. The average Bonchev–Trinajstić information content (AvgIpc) is 3.06. The first kappa shape index (κ1) is 45.5. The summed E-state index contributed by atoms with van der Waals surface area (Å²) >= 11 is 0. The summed E-state index contributed by atoms with van der Waals surface area (Å²) in [5.74, 6) is -4.49. The molecule has 4 N–H and O–H groups in total. The van der Waals surface area contributed by atoms with Crippen LogP contribution in [0.1, 0.15) is 65.5 Å². The Bertz CT molecular complexity index is 1580. The minimum absolute atomic E-state index is 0.105. The summed E-state index contributed by atoms with van der Waals surface area (Å²) < 4.78 is 35.6. The lowest BCUT2D eigenvalue weighted by molar-refractivity contribution is -0.384. The van der Waals surface area contributed by atoms with Gasteiger partial charge in [-0.3, -0.25) is 29.3 Å². The van der Waals surface area contributed by atoms with Gasteiger partial charge in [-0.1, -0.05) is 39.8 Å². The van der Waals surface area contributed by atoms with E-state index in [9.17, 15) is 47.7 Å². The van der Waals surface area contributed by atoms with E-state index in [1.54, 1.807) is 6.07 Å². The molecule has 0 heterocycles. The molecule has 0 aliphatic rings. The molecule has 2 rings (SSSR count). The molecule has 0 radical (unpaired) electrons. The van der Waals surface area contributed by atoms with E-state index in [0.717, 1.165) is 12.1 Å². The highest BCUT2D eigenvalue weighted by molar-refractivity contribution is 5.91. The fourth-order valence-electron chi connectivity index (χ4n) is 4.83. The molecule has 4 atom stereocenters. The van der Waals surface area contributed by atoms with Crippen LogP contribution in [0, 0.1) is 33.6 Å². The molecule has 0 aliphatic carbocycles. The van der Waals surface area contributed by atoms with Gasteiger partial charge in [-0.25, -0.2) is 18.4 Å². The normalized spacial score (nSPS) is 12.9. The smallest absolute Gasteiger partial charge is 0.328 e. The van der Waals surface area contributed by atoms with Crippen LogP contribution in [0.25, 0.3) is 0 Å². The topological polar surface area (TPSA) is 212 Å². The molecule has 0 fully saturated rings. The predicted molar refractivity (Wildman–Crippen MR) is 189 cm³/mol. The number of hydrogen-bond donors (Lipinski definition) is 4. The number of halogens is 2. The molecule has 2 aromatic rings. The zero-order valence-corrected chi connectivity index (χ0v) is 31.1. The van der Waals surface area contributed by atoms with Crippen LogP contribution in [0.3, 0.4) is 0 Å². The molecule has 0 aromatic heterocycles. The number of nitro benzene ring substituents is 1. The number of carbonyl (C=O) groups is 6. The Hall–Kier alpha value is -5.48. The highest BCUT2D eigenvalue weighted by Gasteiger charge is 2.27. The lowest BCUT2D eigenvalue weighted by Crippen LogP contribution is -2.51. The van der Waals surface area contributed by atoms with Crippen molar-refractivity contribution in [3.8, 4) is 0 Å². The SMILES string of the molecule is COC(=O)[C@H](CC(C)C)NC(=O)[C@H](C)NC(=O)Cc1cc(F)cc(F)c1.COC(=O)[C@H](CC(C)C)NC(=O)[C@H](C)NC(=O)Cc1cccc([N+](=O)[O-])c1. The molecule has 0 unspecified atom stereocenters. The zero-order chi connectivity index (χ0) is 40.4. The second-order valence-electron chi connectivity index (χ2n) is 13.1. The zero-order valence-electron chi connectivity index (χ0n) is 31.1. The van der Waals surface area contributed by atoms with Crippen molar-refractivity contribution in [1.29, 1.82) is 0 Å². The Balaban J connectivity index is 0.000000530. The van der Waals surface area contributed by atoms with Gasteiger partial charge in [0.1, 0.15) is 35.8 Å². The van der Waals surface area contributed by atoms with Crippen LogP contribution >= 0.6 is 0 Å². The summed E-state index contributed by atoms with van der Waals surface area (Å²) in [5.41, 5.74) is 0.502. The van der Waals surface area contributed by atoms with Crippen LogP contribution in [-0.4, -0.2) is 78.9 Å². The standard InChI is InChI=1S/C18H24F2N2O4.C18H25N3O6/c1-10(2)5-15(18(25)26-4)22-17(24)11(3)21-16(23)8-12-6-13(19)9-14(20)7-12;1-11(2)8-15(18(24)27-4)20-17(23)12(3)19-16(22)10-13-6-5-7-14(9-13)21(25)26/h6-7,9-11,15H,5,8H2,1-4H3,(H,21,23)(H,22,24);5-7,9,11-12,15H,8,10H2,1-4H3,(H,19,22)(H,20,23)/t11-,15-;12-,15-/m00/s1. The number of nitrogens with one attached hydrogen (secondary N) is 4. The minimum atomic E-state index is -0.930. The number of non-ortho nitro benzene ring substituents is 1. The van der Waals surface area contributed by atoms with Gasteiger partial charge in [0.15, 0.2) is 0 Å². The maximum absolute atomic E-state index is 13.1. The number of carbonyl (C=O) groups excluding carboxylic acids is 6. The Morgan fingerprint density at radius 2 is 1.08 bits per heavy atom. The van der Waals surface area contributed by atoms with Crippen molar-refractivity contribution in [2.24, 2.45) is 11.8 Å². The third-order valence-corrected chi connectivity index (χ3v) is 7.33. The molecule has 0 aliphatic heterocycles. The van der Waals surface area contributed by atoms with Gasteiger partial charge in [-0.15, -0.1) is 0 Å². The lowest BCUT2D eigenvalue weighted by Gasteiger charge is -2.21. The second-order valence-corrected chi connectivity index (χ2v) is 13.1. The van der Waals surface area contributed by atoms with E-state index in [-0.39, 0.29) is 35.9 Å². The first-order valence-corrected chi connectivity index (χ1v) is 16.8. The Morgan fingerprint density at radius 1 is 0.660 bits per heavy atom. The molecule has 0 bridgehead atoms. The van der Waals surface area contributed by atoms with Crippen molar-refractivity contribution in [2.45, 2.75) is 91.4 Å². The van der Waals surface area contributed by atoms with Gasteiger partial charge in [0, 0.05) is 18.2 Å². The molecule has 2 aromatic carbocycles. The van der Waals surface area contributed by atoms with E-state index in [1.807, 2.05) is 27.7 Å². The summed E-state index contributed by atoms with van der Waals surface area (Å²) in [6.45, 7) is 10.5. The van der Waals surface area contributed by atoms with E-state index in [4.69, 9.17) is 0 Å². The largest absolute Gasteiger partial charge is 0.467 e. The van der Waals surface area contributed by atoms with E-state index in [1.165, 1.54) is 46.3 Å². The van der Waals surface area contributed by atoms with Gasteiger partial charge in [0.2, 0.25) is 23.6 Å². The monoisotopic (exact) mass is 749 g/mol. The fourth-order valence-corrected chi connectivity index (χ4v) is 4.83. The molecule has 0 spiro atoms. The van der Waals surface area contributed by atoms with Gasteiger partial charge in [-0.2, -0.15) is 0 Å². The average molecular weight is 750 g/mol. The number of benzene rings is 2. The van der Waals surface area contributed by atoms with Crippen molar-refractivity contribution in [3.05, 3.63) is 75.3 Å². The van der Waals surface area contributed by atoms with Crippen LogP contribution in [0.15, 0.2) is 42.5 Å². The second kappa shape index (κ2) is 22.5. The van der Waals surface area contributed by atoms with Crippen LogP contribution < -0.4 is 21.3 Å². The molecular weight excluding hydrogens is 700 g/mol. The maximum Gasteiger partial charge on any atom is 0.328 e. The van der Waals surface area contributed by atoms with E-state index in [2.05, 4.69) is 30.7 Å². The summed E-state index contributed by atoms with van der Waals surface area (Å²) in [6.07, 6.45) is 0.416. The van der Waals surface area contributed by atoms with Crippen LogP contribution in [0.2, 0.25) is 0 Å².